The van der Waals surface area contributed by atoms with Crippen LogP contribution < -0.4 is 9.47 Å². The zero-order valence-corrected chi connectivity index (χ0v) is 18.4. The van der Waals surface area contributed by atoms with Gasteiger partial charge in [-0.15, -0.1) is 0 Å². The molecular formula is C26H27NO4. The maximum Gasteiger partial charge on any atom is 0.365 e. The third-order valence-corrected chi connectivity index (χ3v) is 7.62. The summed E-state index contributed by atoms with van der Waals surface area (Å²) in [5.41, 5.74) is 4.55. The molecule has 0 aromatic heterocycles. The molecule has 1 heterocycles. The lowest BCUT2D eigenvalue weighted by Crippen LogP contribution is -2.33. The highest BCUT2D eigenvalue weighted by Gasteiger charge is 2.63. The minimum absolute atomic E-state index is 0.0320. The van der Waals surface area contributed by atoms with Crippen LogP contribution in [0.3, 0.4) is 0 Å². The van der Waals surface area contributed by atoms with Crippen LogP contribution in [0.25, 0.3) is 6.08 Å². The Labute approximate surface area is 182 Å². The van der Waals surface area contributed by atoms with Crippen LogP contribution in [0, 0.1) is 23.7 Å². The number of oxime groups is 1. The van der Waals surface area contributed by atoms with E-state index in [1.54, 1.807) is 12.1 Å². The molecule has 0 radical (unpaired) electrons. The molecule has 0 amide bonds. The largest absolute Gasteiger partial charge is 0.454 e. The number of hydrogen-bond acceptors (Lipinski definition) is 5. The van der Waals surface area contributed by atoms with Gasteiger partial charge >= 0.3 is 5.97 Å². The van der Waals surface area contributed by atoms with Crippen molar-refractivity contribution in [3.63, 3.8) is 0 Å². The van der Waals surface area contributed by atoms with E-state index >= 15 is 0 Å². The van der Waals surface area contributed by atoms with Gasteiger partial charge in [0.2, 0.25) is 6.79 Å². The molecule has 0 N–H and O–H groups in total. The van der Waals surface area contributed by atoms with Crippen molar-refractivity contribution in [1.29, 1.82) is 0 Å². The third-order valence-electron chi connectivity index (χ3n) is 7.62. The second-order valence-electron chi connectivity index (χ2n) is 9.54. The van der Waals surface area contributed by atoms with Crippen LogP contribution in [0.2, 0.25) is 0 Å². The van der Waals surface area contributed by atoms with Crippen molar-refractivity contribution < 1.29 is 19.1 Å². The molecule has 2 saturated carbocycles. The molecule has 2 aromatic rings. The standard InChI is InChI=1S/C26H27NO4/c1-16-5-8-18(9-6-16)24(28)31-27-23-19(20-11-12-26(23,4)25(20,2)3)13-17-7-10-21-22(14-17)30-15-29-21/h5-10,13-14,20H,11-12,15H2,1-4H3/b19-13+,27-23+/t20-,26+/m1/s1. The first-order valence-electron chi connectivity index (χ1n) is 10.8. The van der Waals surface area contributed by atoms with Crippen LogP contribution in [-0.4, -0.2) is 18.5 Å². The second kappa shape index (κ2) is 6.98. The molecule has 31 heavy (non-hydrogen) atoms. The molecular weight excluding hydrogens is 390 g/mol. The summed E-state index contributed by atoms with van der Waals surface area (Å²) in [5.74, 6) is 1.45. The number of carbonyl (C=O) groups is 1. The molecule has 2 aromatic carbocycles. The Kier molecular flexibility index (Phi) is 4.47. The first kappa shape index (κ1) is 19.9. The maximum absolute atomic E-state index is 12.6. The summed E-state index contributed by atoms with van der Waals surface area (Å²) in [6.07, 6.45) is 4.30. The Hall–Kier alpha value is -3.08. The highest BCUT2D eigenvalue weighted by molar-refractivity contribution is 6.11. The summed E-state index contributed by atoms with van der Waals surface area (Å²) in [6, 6.07) is 13.3. The fourth-order valence-electron chi connectivity index (χ4n) is 5.29. The van der Waals surface area contributed by atoms with E-state index in [2.05, 4.69) is 32.0 Å². The Morgan fingerprint density at radius 1 is 1.10 bits per heavy atom. The van der Waals surface area contributed by atoms with Crippen LogP contribution in [0.1, 0.15) is 55.1 Å². The summed E-state index contributed by atoms with van der Waals surface area (Å²) < 4.78 is 11.0. The van der Waals surface area contributed by atoms with Gasteiger partial charge in [-0.1, -0.05) is 49.7 Å². The number of aryl methyl sites for hydroxylation is 1. The molecule has 2 atom stereocenters. The number of fused-ring (bicyclic) bond motifs is 3. The molecule has 2 bridgehead atoms. The van der Waals surface area contributed by atoms with Gasteiger partial charge in [-0.2, -0.15) is 0 Å². The molecule has 5 heteroatoms. The zero-order chi connectivity index (χ0) is 21.8. The fourth-order valence-corrected chi connectivity index (χ4v) is 5.29. The van der Waals surface area contributed by atoms with Crippen molar-refractivity contribution in [3.8, 4) is 11.5 Å². The van der Waals surface area contributed by atoms with Gasteiger partial charge in [-0.05, 0) is 72.6 Å². The molecule has 160 valence electrons. The Morgan fingerprint density at radius 2 is 1.84 bits per heavy atom. The summed E-state index contributed by atoms with van der Waals surface area (Å²) >= 11 is 0. The molecule has 0 unspecified atom stereocenters. The lowest BCUT2D eigenvalue weighted by Gasteiger charge is -2.33. The second-order valence-corrected chi connectivity index (χ2v) is 9.54. The minimum Gasteiger partial charge on any atom is -0.454 e. The SMILES string of the molecule is Cc1ccc(C(=O)O/N=C2\C(=C\c3ccc4c(c3)OCO4)[C@H]3CC[C@]2(C)C3(C)C)cc1. The number of rotatable bonds is 3. The first-order valence-corrected chi connectivity index (χ1v) is 10.8. The van der Waals surface area contributed by atoms with Gasteiger partial charge in [0.05, 0.1) is 11.3 Å². The molecule has 5 nitrogen and oxygen atoms in total. The summed E-state index contributed by atoms with van der Waals surface area (Å²) in [6.45, 7) is 9.07. The molecule has 5 rings (SSSR count). The van der Waals surface area contributed by atoms with Gasteiger partial charge in [0.1, 0.15) is 0 Å². The van der Waals surface area contributed by atoms with Crippen molar-refractivity contribution in [3.05, 3.63) is 64.7 Å². The maximum atomic E-state index is 12.6. The van der Waals surface area contributed by atoms with Gasteiger partial charge in [0.15, 0.2) is 11.5 Å². The predicted molar refractivity (Wildman–Crippen MR) is 119 cm³/mol. The normalized spacial score (nSPS) is 27.8. The average Bonchev–Trinajstić information content (AvgIpc) is 3.34. The smallest absolute Gasteiger partial charge is 0.365 e. The molecule has 2 fully saturated rings. The highest BCUT2D eigenvalue weighted by Crippen LogP contribution is 2.66. The molecule has 3 aliphatic rings. The quantitative estimate of drug-likeness (QED) is 0.469. The minimum atomic E-state index is -0.431. The van der Waals surface area contributed by atoms with Crippen molar-refractivity contribution in [2.75, 3.05) is 6.79 Å². The molecule has 1 aliphatic heterocycles. The zero-order valence-electron chi connectivity index (χ0n) is 18.4. The van der Waals surface area contributed by atoms with Crippen molar-refractivity contribution in [1.82, 2.24) is 0 Å². The average molecular weight is 418 g/mol. The molecule has 2 aliphatic carbocycles. The van der Waals surface area contributed by atoms with Crippen LogP contribution in [0.5, 0.6) is 11.5 Å². The van der Waals surface area contributed by atoms with Gasteiger partial charge < -0.3 is 14.3 Å². The number of benzene rings is 2. The van der Waals surface area contributed by atoms with E-state index in [1.165, 1.54) is 0 Å². The summed E-state index contributed by atoms with van der Waals surface area (Å²) in [4.78, 5) is 18.1. The number of hydrogen-bond donors (Lipinski definition) is 0. The lowest BCUT2D eigenvalue weighted by atomic mass is 9.70. The van der Waals surface area contributed by atoms with E-state index in [9.17, 15) is 4.79 Å². The Balaban J connectivity index is 1.51. The molecule has 0 spiro atoms. The van der Waals surface area contributed by atoms with E-state index in [0.29, 0.717) is 11.5 Å². The van der Waals surface area contributed by atoms with E-state index in [4.69, 9.17) is 14.3 Å². The monoisotopic (exact) mass is 417 g/mol. The van der Waals surface area contributed by atoms with Crippen LogP contribution in [0.4, 0.5) is 0 Å². The lowest BCUT2D eigenvalue weighted by molar-refractivity contribution is 0.0509. The Bertz CT molecular complexity index is 1110. The molecule has 0 saturated heterocycles. The van der Waals surface area contributed by atoms with E-state index in [1.807, 2.05) is 37.3 Å². The first-order chi connectivity index (χ1) is 14.8. The van der Waals surface area contributed by atoms with Gasteiger partial charge in [0.25, 0.3) is 0 Å². The van der Waals surface area contributed by atoms with Crippen molar-refractivity contribution >= 4 is 17.8 Å². The topological polar surface area (TPSA) is 57.1 Å². The number of allylic oxidation sites excluding steroid dienone is 1. The van der Waals surface area contributed by atoms with E-state index in [-0.39, 0.29) is 17.6 Å². The summed E-state index contributed by atoms with van der Waals surface area (Å²) in [5, 5.41) is 4.46. The summed E-state index contributed by atoms with van der Waals surface area (Å²) in [7, 11) is 0. The van der Waals surface area contributed by atoms with Gasteiger partial charge in [-0.25, -0.2) is 4.79 Å². The fraction of sp³-hybridized carbons (Fsp3) is 0.385. The Morgan fingerprint density at radius 3 is 2.61 bits per heavy atom. The van der Waals surface area contributed by atoms with E-state index < -0.39 is 5.97 Å². The van der Waals surface area contributed by atoms with E-state index in [0.717, 1.165) is 46.8 Å². The van der Waals surface area contributed by atoms with Crippen molar-refractivity contribution in [2.45, 2.75) is 40.5 Å². The van der Waals surface area contributed by atoms with Gasteiger partial charge in [0, 0.05) is 5.41 Å². The van der Waals surface area contributed by atoms with Crippen LogP contribution in [0.15, 0.2) is 53.2 Å². The van der Waals surface area contributed by atoms with Crippen molar-refractivity contribution in [2.24, 2.45) is 21.9 Å². The van der Waals surface area contributed by atoms with Crippen LogP contribution >= 0.6 is 0 Å². The highest BCUT2D eigenvalue weighted by atomic mass is 16.7. The predicted octanol–water partition coefficient (Wildman–Crippen LogP) is 5.78. The van der Waals surface area contributed by atoms with Crippen LogP contribution in [-0.2, 0) is 4.84 Å². The van der Waals surface area contributed by atoms with Gasteiger partial charge in [-0.3, -0.25) is 0 Å². The number of carbonyl (C=O) groups excluding carboxylic acids is 1. The number of nitrogens with zero attached hydrogens (tertiary/aromatic N) is 1. The third kappa shape index (κ3) is 3.06. The number of ether oxygens (including phenoxy) is 2.